The molecule has 0 rings (SSSR count). The molecule has 66 valence electrons. The van der Waals surface area contributed by atoms with Crippen LogP contribution in [0.15, 0.2) is 0 Å². The van der Waals surface area contributed by atoms with Crippen molar-refractivity contribution in [1.29, 1.82) is 0 Å². The fraction of sp³-hybridized carbons (Fsp3) is 0.667. The van der Waals surface area contributed by atoms with Gasteiger partial charge in [-0.25, -0.2) is 0 Å². The Morgan fingerprint density at radius 1 is 1.45 bits per heavy atom. The summed E-state index contributed by atoms with van der Waals surface area (Å²) in [6.07, 6.45) is 0. The Kier molecular flexibility index (Phi) is 3.15. The minimum atomic E-state index is -4.82. The molecule has 0 aliphatic carbocycles. The van der Waals surface area contributed by atoms with Crippen LogP contribution in [0.5, 0.6) is 0 Å². The van der Waals surface area contributed by atoms with E-state index >= 15 is 0 Å². The summed E-state index contributed by atoms with van der Waals surface area (Å²) in [7, 11) is -4.82. The first-order chi connectivity index (χ1) is 4.76. The Hall–Kier alpha value is -0.460. The zero-order valence-corrected chi connectivity index (χ0v) is 6.18. The lowest BCUT2D eigenvalue weighted by atomic mass is 10.3. The number of aliphatic hydroxyl groups excluding tert-OH is 1. The Morgan fingerprint density at radius 3 is 1.91 bits per heavy atom. The van der Waals surface area contributed by atoms with Gasteiger partial charge < -0.3 is 25.7 Å². The molecule has 0 aromatic heterocycles. The van der Waals surface area contributed by atoms with E-state index in [0.717, 1.165) is 0 Å². The van der Waals surface area contributed by atoms with Crippen LogP contribution in [-0.2, 0) is 9.36 Å². The molecule has 0 amide bonds. The van der Waals surface area contributed by atoms with E-state index in [1.807, 2.05) is 0 Å². The Labute approximate surface area is 61.6 Å². The third-order valence-corrected chi connectivity index (χ3v) is 1.96. The molecule has 0 aromatic rings. The minimum absolute atomic E-state index is 1.67. The molecule has 0 heterocycles. The van der Waals surface area contributed by atoms with Crippen molar-refractivity contribution in [3.63, 3.8) is 0 Å². The second kappa shape index (κ2) is 3.29. The van der Waals surface area contributed by atoms with Crippen LogP contribution in [0.4, 0.5) is 0 Å². The van der Waals surface area contributed by atoms with Gasteiger partial charge in [0.15, 0.2) is 5.85 Å². The maximum atomic E-state index is 10.2. The molecule has 0 saturated heterocycles. The summed E-state index contributed by atoms with van der Waals surface area (Å²) in [5.41, 5.74) is 4.70. The first kappa shape index (κ1) is 10.5. The second-order valence-corrected chi connectivity index (χ2v) is 3.57. The molecular formula is C3H8NO6P. The topological polar surface area (TPSA) is 141 Å². The highest BCUT2D eigenvalue weighted by molar-refractivity contribution is 7.52. The Balaban J connectivity index is 4.38. The van der Waals surface area contributed by atoms with Crippen LogP contribution in [-0.4, -0.2) is 37.9 Å². The minimum Gasteiger partial charge on any atom is -0.480 e. The van der Waals surface area contributed by atoms with E-state index in [-0.39, 0.29) is 0 Å². The van der Waals surface area contributed by atoms with Crippen molar-refractivity contribution in [2.75, 3.05) is 0 Å². The van der Waals surface area contributed by atoms with Crippen LogP contribution in [0.2, 0.25) is 0 Å². The Bertz CT molecular complexity index is 198. The van der Waals surface area contributed by atoms with Crippen LogP contribution in [0.1, 0.15) is 0 Å². The number of carboxylic acids is 1. The number of hydrogen-bond donors (Lipinski definition) is 5. The number of nitrogens with two attached hydrogens (primary N) is 1. The van der Waals surface area contributed by atoms with Crippen LogP contribution in [0.25, 0.3) is 0 Å². The highest BCUT2D eigenvalue weighted by Gasteiger charge is 2.36. The number of aliphatic carboxylic acids is 1. The van der Waals surface area contributed by atoms with E-state index in [2.05, 4.69) is 0 Å². The molecular weight excluding hydrogens is 177 g/mol. The van der Waals surface area contributed by atoms with Crippen LogP contribution >= 0.6 is 7.60 Å². The summed E-state index contributed by atoms with van der Waals surface area (Å²) < 4.78 is 10.2. The number of hydrogen-bond acceptors (Lipinski definition) is 4. The molecule has 11 heavy (non-hydrogen) atoms. The monoisotopic (exact) mass is 185 g/mol. The van der Waals surface area contributed by atoms with E-state index in [9.17, 15) is 9.36 Å². The van der Waals surface area contributed by atoms with Gasteiger partial charge in [0, 0.05) is 0 Å². The summed E-state index contributed by atoms with van der Waals surface area (Å²) in [5.74, 6) is -4.01. The molecule has 0 aliphatic heterocycles. The van der Waals surface area contributed by atoms with Gasteiger partial charge in [0.2, 0.25) is 0 Å². The third kappa shape index (κ3) is 2.96. The lowest BCUT2D eigenvalue weighted by Crippen LogP contribution is -2.41. The smallest absolute Gasteiger partial charge is 0.356 e. The van der Waals surface area contributed by atoms with Gasteiger partial charge in [0.05, 0.1) is 0 Å². The van der Waals surface area contributed by atoms with E-state index in [1.165, 1.54) is 0 Å². The first-order valence-corrected chi connectivity index (χ1v) is 4.16. The fourth-order valence-corrected chi connectivity index (χ4v) is 0.883. The summed E-state index contributed by atoms with van der Waals surface area (Å²) >= 11 is 0. The van der Waals surface area contributed by atoms with Gasteiger partial charge in [0.1, 0.15) is 6.04 Å². The fourth-order valence-electron chi connectivity index (χ4n) is 0.337. The van der Waals surface area contributed by atoms with Crippen molar-refractivity contribution in [3.05, 3.63) is 0 Å². The maximum absolute atomic E-state index is 10.2. The molecule has 0 saturated carbocycles. The summed E-state index contributed by atoms with van der Waals surface area (Å²) in [5, 5.41) is 16.6. The average molecular weight is 185 g/mol. The number of aliphatic hydroxyl groups is 1. The SMILES string of the molecule is NC(C(=O)O)C(O)P(=O)(O)O. The van der Waals surface area contributed by atoms with Crippen molar-refractivity contribution >= 4 is 13.6 Å². The highest BCUT2D eigenvalue weighted by Crippen LogP contribution is 2.40. The van der Waals surface area contributed by atoms with Crippen molar-refractivity contribution < 1.29 is 29.4 Å². The normalized spacial score (nSPS) is 17.5. The van der Waals surface area contributed by atoms with Crippen molar-refractivity contribution in [3.8, 4) is 0 Å². The van der Waals surface area contributed by atoms with Crippen molar-refractivity contribution in [2.45, 2.75) is 11.9 Å². The molecule has 8 heteroatoms. The van der Waals surface area contributed by atoms with Gasteiger partial charge in [0.25, 0.3) is 0 Å². The number of rotatable bonds is 3. The lowest BCUT2D eigenvalue weighted by Gasteiger charge is -2.15. The predicted octanol–water partition coefficient (Wildman–Crippen LogP) is -2.11. The van der Waals surface area contributed by atoms with Gasteiger partial charge in [-0.3, -0.25) is 9.36 Å². The molecule has 0 bridgehead atoms. The van der Waals surface area contributed by atoms with Crippen molar-refractivity contribution in [1.82, 2.24) is 0 Å². The van der Waals surface area contributed by atoms with Gasteiger partial charge in [-0.2, -0.15) is 0 Å². The van der Waals surface area contributed by atoms with E-state index in [1.54, 1.807) is 0 Å². The van der Waals surface area contributed by atoms with Gasteiger partial charge in [-0.1, -0.05) is 0 Å². The summed E-state index contributed by atoms with van der Waals surface area (Å²) in [6.45, 7) is 0. The van der Waals surface area contributed by atoms with Gasteiger partial charge in [-0.05, 0) is 0 Å². The quantitative estimate of drug-likeness (QED) is 0.317. The van der Waals surface area contributed by atoms with E-state index in [4.69, 9.17) is 25.7 Å². The van der Waals surface area contributed by atoms with Crippen LogP contribution in [0.3, 0.4) is 0 Å². The largest absolute Gasteiger partial charge is 0.480 e. The van der Waals surface area contributed by atoms with Crippen molar-refractivity contribution in [2.24, 2.45) is 5.73 Å². The molecule has 0 aliphatic rings. The summed E-state index contributed by atoms with van der Waals surface area (Å²) in [6, 6.07) is -1.96. The lowest BCUT2D eigenvalue weighted by molar-refractivity contribution is -0.140. The zero-order chi connectivity index (χ0) is 9.23. The molecule has 7 nitrogen and oxygen atoms in total. The van der Waals surface area contributed by atoms with Gasteiger partial charge >= 0.3 is 13.6 Å². The predicted molar refractivity (Wildman–Crippen MR) is 33.7 cm³/mol. The van der Waals surface area contributed by atoms with Crippen LogP contribution < -0.4 is 5.73 Å². The molecule has 0 aromatic carbocycles. The summed E-state index contributed by atoms with van der Waals surface area (Å²) in [4.78, 5) is 26.4. The van der Waals surface area contributed by atoms with Gasteiger partial charge in [-0.15, -0.1) is 0 Å². The highest BCUT2D eigenvalue weighted by atomic mass is 31.2. The second-order valence-electron chi connectivity index (χ2n) is 1.87. The molecule has 0 fully saturated rings. The van der Waals surface area contributed by atoms with E-state index in [0.29, 0.717) is 0 Å². The van der Waals surface area contributed by atoms with Crippen LogP contribution in [0, 0.1) is 0 Å². The standard InChI is InChI=1S/C3H8NO6P/c4-1(2(5)6)3(7)11(8,9)10/h1,3,7H,4H2,(H,5,6)(H2,8,9,10). The zero-order valence-electron chi connectivity index (χ0n) is 5.28. The molecule has 2 atom stereocenters. The number of carboxylic acid groups (broad SMARTS) is 1. The molecule has 6 N–H and O–H groups in total. The molecule has 0 spiro atoms. The molecule has 0 radical (unpaired) electrons. The first-order valence-electron chi connectivity index (χ1n) is 2.48. The molecule has 2 unspecified atom stereocenters. The Morgan fingerprint density at radius 2 is 1.82 bits per heavy atom. The van der Waals surface area contributed by atoms with E-state index < -0.39 is 25.5 Å². The maximum Gasteiger partial charge on any atom is 0.356 e. The third-order valence-electron chi connectivity index (χ3n) is 0.951. The number of carbonyl (C=O) groups is 1. The average Bonchev–Trinajstić information content (AvgIpc) is 1.82.